The van der Waals surface area contributed by atoms with Crippen molar-refractivity contribution in [3.8, 4) is 5.75 Å². The summed E-state index contributed by atoms with van der Waals surface area (Å²) >= 11 is 0. The molecule has 1 aliphatic heterocycles. The lowest BCUT2D eigenvalue weighted by Gasteiger charge is -2.28. The molecule has 1 aromatic rings. The molecular weight excluding hydrogens is 276 g/mol. The molecule has 0 spiro atoms. The molecule has 0 aromatic heterocycles. The lowest BCUT2D eigenvalue weighted by Crippen LogP contribution is -2.36. The topological polar surface area (TPSA) is 32.8 Å². The van der Waals surface area contributed by atoms with Gasteiger partial charge in [0.2, 0.25) is 5.91 Å². The molecule has 22 heavy (non-hydrogen) atoms. The molecule has 0 saturated carbocycles. The molecule has 0 aliphatic carbocycles. The Hall–Kier alpha value is -1.55. The summed E-state index contributed by atoms with van der Waals surface area (Å²) in [6.45, 7) is 11.0. The second-order valence-corrected chi connectivity index (χ2v) is 7.25. The van der Waals surface area contributed by atoms with Crippen molar-refractivity contribution in [2.75, 3.05) is 33.3 Å². The van der Waals surface area contributed by atoms with Crippen LogP contribution < -0.4 is 4.74 Å². The highest BCUT2D eigenvalue weighted by Crippen LogP contribution is 2.19. The number of hydrogen-bond acceptors (Lipinski definition) is 3. The Bertz CT molecular complexity index is 508. The highest BCUT2D eigenvalue weighted by atomic mass is 16.5. The number of ether oxygens (including phenoxy) is 1. The van der Waals surface area contributed by atoms with Crippen molar-refractivity contribution in [1.82, 2.24) is 9.80 Å². The number of carbonyl (C=O) groups excluding carboxylic acids is 1. The van der Waals surface area contributed by atoms with Crippen LogP contribution in [0.4, 0.5) is 0 Å². The number of methoxy groups -OCH3 is 1. The average Bonchev–Trinajstić information content (AvgIpc) is 2.62. The van der Waals surface area contributed by atoms with Crippen LogP contribution in [0, 0.1) is 5.41 Å². The van der Waals surface area contributed by atoms with E-state index in [1.54, 1.807) is 7.11 Å². The van der Waals surface area contributed by atoms with Crippen molar-refractivity contribution in [2.45, 2.75) is 33.7 Å². The Labute approximate surface area is 134 Å². The molecule has 0 N–H and O–H groups in total. The standard InChI is InChI=1S/C18H28N2O2/c1-18(2,3)14-19-9-8-17(21)20(11-10-19)13-15-6-5-7-16(12-15)22-4/h5-7,12H,8-11,13-14H2,1-4H3. The van der Waals surface area contributed by atoms with E-state index in [1.807, 2.05) is 29.2 Å². The van der Waals surface area contributed by atoms with Crippen molar-refractivity contribution >= 4 is 5.91 Å². The molecule has 1 saturated heterocycles. The van der Waals surface area contributed by atoms with Gasteiger partial charge in [0.25, 0.3) is 0 Å². The van der Waals surface area contributed by atoms with Crippen LogP contribution >= 0.6 is 0 Å². The minimum Gasteiger partial charge on any atom is -0.497 e. The summed E-state index contributed by atoms with van der Waals surface area (Å²) in [6.07, 6.45) is 0.611. The van der Waals surface area contributed by atoms with E-state index in [0.29, 0.717) is 13.0 Å². The van der Waals surface area contributed by atoms with Crippen molar-refractivity contribution in [1.29, 1.82) is 0 Å². The van der Waals surface area contributed by atoms with Crippen LogP contribution in [0.5, 0.6) is 5.75 Å². The normalized spacial score (nSPS) is 17.5. The Morgan fingerprint density at radius 2 is 1.95 bits per heavy atom. The van der Waals surface area contributed by atoms with Crippen LogP contribution in [0.2, 0.25) is 0 Å². The third-order valence-electron chi connectivity index (χ3n) is 3.89. The summed E-state index contributed by atoms with van der Waals surface area (Å²) in [5.74, 6) is 1.09. The fraction of sp³-hybridized carbons (Fsp3) is 0.611. The van der Waals surface area contributed by atoms with Crippen molar-refractivity contribution < 1.29 is 9.53 Å². The molecule has 122 valence electrons. The monoisotopic (exact) mass is 304 g/mol. The van der Waals surface area contributed by atoms with Crippen LogP contribution in [0.25, 0.3) is 0 Å². The molecule has 1 amide bonds. The summed E-state index contributed by atoms with van der Waals surface area (Å²) in [7, 11) is 1.67. The van der Waals surface area contributed by atoms with E-state index >= 15 is 0 Å². The first-order valence-electron chi connectivity index (χ1n) is 8.00. The second kappa shape index (κ2) is 7.14. The summed E-state index contributed by atoms with van der Waals surface area (Å²) in [4.78, 5) is 16.7. The maximum absolute atomic E-state index is 12.4. The fourth-order valence-corrected chi connectivity index (χ4v) is 2.90. The zero-order valence-corrected chi connectivity index (χ0v) is 14.3. The van der Waals surface area contributed by atoms with Gasteiger partial charge in [-0.25, -0.2) is 0 Å². The van der Waals surface area contributed by atoms with Gasteiger partial charge in [-0.2, -0.15) is 0 Å². The lowest BCUT2D eigenvalue weighted by atomic mass is 9.96. The Balaban J connectivity index is 1.98. The van der Waals surface area contributed by atoms with Gasteiger partial charge in [0.1, 0.15) is 5.75 Å². The number of carbonyl (C=O) groups is 1. The first-order valence-corrected chi connectivity index (χ1v) is 8.00. The molecule has 4 nitrogen and oxygen atoms in total. The van der Waals surface area contributed by atoms with Crippen LogP contribution in [-0.2, 0) is 11.3 Å². The van der Waals surface area contributed by atoms with Crippen molar-refractivity contribution in [3.63, 3.8) is 0 Å². The predicted octanol–water partition coefficient (Wildman–Crippen LogP) is 2.78. The molecule has 4 heteroatoms. The number of amides is 1. The van der Waals surface area contributed by atoms with E-state index < -0.39 is 0 Å². The molecule has 1 heterocycles. The molecule has 2 rings (SSSR count). The third-order valence-corrected chi connectivity index (χ3v) is 3.89. The zero-order chi connectivity index (χ0) is 16.2. The summed E-state index contributed by atoms with van der Waals surface area (Å²) in [6, 6.07) is 7.96. The molecular formula is C18H28N2O2. The Morgan fingerprint density at radius 1 is 1.18 bits per heavy atom. The second-order valence-electron chi connectivity index (χ2n) is 7.25. The van der Waals surface area contributed by atoms with Gasteiger partial charge in [0.15, 0.2) is 0 Å². The largest absolute Gasteiger partial charge is 0.497 e. The molecule has 1 aliphatic rings. The number of nitrogens with zero attached hydrogens (tertiary/aromatic N) is 2. The highest BCUT2D eigenvalue weighted by molar-refractivity contribution is 5.76. The van der Waals surface area contributed by atoms with Crippen LogP contribution in [0.3, 0.4) is 0 Å². The maximum atomic E-state index is 12.4. The smallest absolute Gasteiger partial charge is 0.224 e. The molecule has 0 radical (unpaired) electrons. The van der Waals surface area contributed by atoms with Gasteiger partial charge in [-0.05, 0) is 23.1 Å². The Kier molecular flexibility index (Phi) is 5.46. The van der Waals surface area contributed by atoms with Gasteiger partial charge in [-0.15, -0.1) is 0 Å². The summed E-state index contributed by atoms with van der Waals surface area (Å²) < 4.78 is 5.26. The van der Waals surface area contributed by atoms with Gasteiger partial charge in [0.05, 0.1) is 7.11 Å². The van der Waals surface area contributed by atoms with E-state index in [4.69, 9.17) is 4.74 Å². The van der Waals surface area contributed by atoms with E-state index in [1.165, 1.54) is 0 Å². The quantitative estimate of drug-likeness (QED) is 0.857. The van der Waals surface area contributed by atoms with Crippen LogP contribution in [-0.4, -0.2) is 49.0 Å². The van der Waals surface area contributed by atoms with E-state index in [9.17, 15) is 4.79 Å². The van der Waals surface area contributed by atoms with E-state index in [2.05, 4.69) is 25.7 Å². The maximum Gasteiger partial charge on any atom is 0.224 e. The number of benzene rings is 1. The number of hydrogen-bond donors (Lipinski definition) is 0. The molecule has 1 fully saturated rings. The summed E-state index contributed by atoms with van der Waals surface area (Å²) in [5, 5.41) is 0. The molecule has 1 aromatic carbocycles. The molecule has 0 atom stereocenters. The van der Waals surface area contributed by atoms with Crippen LogP contribution in [0.1, 0.15) is 32.8 Å². The first-order chi connectivity index (χ1) is 10.4. The van der Waals surface area contributed by atoms with Crippen molar-refractivity contribution in [3.05, 3.63) is 29.8 Å². The summed E-state index contributed by atoms with van der Waals surface area (Å²) in [5.41, 5.74) is 1.39. The van der Waals surface area contributed by atoms with E-state index in [0.717, 1.165) is 37.5 Å². The van der Waals surface area contributed by atoms with Gasteiger partial charge >= 0.3 is 0 Å². The van der Waals surface area contributed by atoms with Crippen LogP contribution in [0.15, 0.2) is 24.3 Å². The van der Waals surface area contributed by atoms with Gasteiger partial charge in [-0.1, -0.05) is 32.9 Å². The molecule has 0 unspecified atom stereocenters. The van der Waals surface area contributed by atoms with Gasteiger partial charge < -0.3 is 14.5 Å². The third kappa shape index (κ3) is 5.02. The van der Waals surface area contributed by atoms with Gasteiger partial charge in [-0.3, -0.25) is 4.79 Å². The zero-order valence-electron chi connectivity index (χ0n) is 14.3. The minimum absolute atomic E-state index is 0.249. The highest BCUT2D eigenvalue weighted by Gasteiger charge is 2.23. The van der Waals surface area contributed by atoms with Gasteiger partial charge in [0, 0.05) is 39.1 Å². The van der Waals surface area contributed by atoms with E-state index in [-0.39, 0.29) is 11.3 Å². The first kappa shape index (κ1) is 16.8. The fourth-order valence-electron chi connectivity index (χ4n) is 2.90. The predicted molar refractivity (Wildman–Crippen MR) is 88.9 cm³/mol. The lowest BCUT2D eigenvalue weighted by molar-refractivity contribution is -0.130. The van der Waals surface area contributed by atoms with Crippen molar-refractivity contribution in [2.24, 2.45) is 5.41 Å². The SMILES string of the molecule is COc1cccc(CN2CCN(CC(C)(C)C)CCC2=O)c1. The Morgan fingerprint density at radius 3 is 2.64 bits per heavy atom. The molecule has 0 bridgehead atoms. The number of rotatable bonds is 4. The average molecular weight is 304 g/mol. The minimum atomic E-state index is 0.249.